The molecule has 0 fully saturated rings. The van der Waals surface area contributed by atoms with Crippen LogP contribution in [0.3, 0.4) is 0 Å². The molecule has 0 radical (unpaired) electrons. The lowest BCUT2D eigenvalue weighted by Crippen LogP contribution is -2.57. The normalized spacial score (nSPS) is 13.7. The van der Waals surface area contributed by atoms with Crippen molar-refractivity contribution >= 4 is 40.2 Å². The van der Waals surface area contributed by atoms with Crippen LogP contribution in [-0.2, 0) is 5.41 Å². The van der Waals surface area contributed by atoms with E-state index in [2.05, 4.69) is 199 Å². The van der Waals surface area contributed by atoms with Gasteiger partial charge >= 0.3 is 0 Å². The summed E-state index contributed by atoms with van der Waals surface area (Å²) in [5.41, 5.74) is 13.0. The van der Waals surface area contributed by atoms with Crippen molar-refractivity contribution in [3.8, 4) is 34.1 Å². The molecule has 0 saturated heterocycles. The van der Waals surface area contributed by atoms with E-state index in [1.165, 1.54) is 16.7 Å². The summed E-state index contributed by atoms with van der Waals surface area (Å²) in [4.78, 5) is 2.35. The molecule has 2 aliphatic heterocycles. The summed E-state index contributed by atoms with van der Waals surface area (Å²) < 4.78 is 14.0. The van der Waals surface area contributed by atoms with Gasteiger partial charge in [0.15, 0.2) is 0 Å². The Balaban J connectivity index is 1.26. The molecule has 53 heavy (non-hydrogen) atoms. The average Bonchev–Trinajstić information content (AvgIpc) is 3.52. The van der Waals surface area contributed by atoms with Crippen LogP contribution >= 0.6 is 0 Å². The van der Waals surface area contributed by atoms with Crippen LogP contribution in [-0.4, -0.2) is 6.71 Å². The average molecular weight is 678 g/mol. The zero-order valence-corrected chi connectivity index (χ0v) is 28.8. The van der Waals surface area contributed by atoms with E-state index in [1.54, 1.807) is 0 Å². The minimum Gasteiger partial charge on any atom is -0.458 e. The molecule has 8 aromatic rings. The summed E-state index contributed by atoms with van der Waals surface area (Å²) >= 11 is 0. The van der Waals surface area contributed by atoms with Gasteiger partial charge in [-0.15, -0.1) is 0 Å². The van der Waals surface area contributed by atoms with Gasteiger partial charge in [0.1, 0.15) is 23.0 Å². The van der Waals surface area contributed by atoms with Crippen LogP contribution in [0.5, 0.6) is 23.0 Å². The summed E-state index contributed by atoms with van der Waals surface area (Å²) in [6.45, 7) is -0.0157. The summed E-state index contributed by atoms with van der Waals surface area (Å²) in [5, 5.41) is 0. The molecule has 0 amide bonds. The van der Waals surface area contributed by atoms with Crippen LogP contribution in [0.1, 0.15) is 22.3 Å². The molecule has 0 unspecified atom stereocenters. The number of para-hydroxylation sites is 4. The van der Waals surface area contributed by atoms with Crippen LogP contribution in [0.4, 0.5) is 17.1 Å². The van der Waals surface area contributed by atoms with Crippen molar-refractivity contribution in [2.75, 3.05) is 4.90 Å². The second-order valence-corrected chi connectivity index (χ2v) is 14.0. The predicted octanol–water partition coefficient (Wildman–Crippen LogP) is 10.2. The van der Waals surface area contributed by atoms with Gasteiger partial charge in [0.2, 0.25) is 0 Å². The molecule has 0 spiro atoms. The number of anilines is 3. The molecule has 0 atom stereocenters. The number of hydrogen-bond acceptors (Lipinski definition) is 3. The Morgan fingerprint density at radius 3 is 1.51 bits per heavy atom. The van der Waals surface area contributed by atoms with Gasteiger partial charge < -0.3 is 14.4 Å². The fourth-order valence-corrected chi connectivity index (χ4v) is 9.12. The van der Waals surface area contributed by atoms with Crippen molar-refractivity contribution in [3.63, 3.8) is 0 Å². The minimum absolute atomic E-state index is 0.0157. The molecule has 3 nitrogen and oxygen atoms in total. The number of nitrogens with zero attached hydrogens (tertiary/aromatic N) is 1. The first-order chi connectivity index (χ1) is 26.3. The molecule has 248 valence electrons. The maximum absolute atomic E-state index is 7.13. The maximum Gasteiger partial charge on any atom is 0.260 e. The van der Waals surface area contributed by atoms with Crippen molar-refractivity contribution in [1.29, 1.82) is 0 Å². The molecule has 0 N–H and O–H groups in total. The molecule has 11 rings (SSSR count). The smallest absolute Gasteiger partial charge is 0.260 e. The second kappa shape index (κ2) is 11.6. The molecule has 0 saturated carbocycles. The highest BCUT2D eigenvalue weighted by atomic mass is 16.5. The first kappa shape index (κ1) is 29.9. The third-order valence-electron chi connectivity index (χ3n) is 11.2. The fourth-order valence-electron chi connectivity index (χ4n) is 9.12. The Kier molecular flexibility index (Phi) is 6.56. The van der Waals surface area contributed by atoms with Crippen molar-refractivity contribution < 1.29 is 9.47 Å². The minimum atomic E-state index is -0.677. The first-order valence-corrected chi connectivity index (χ1v) is 18.2. The van der Waals surface area contributed by atoms with E-state index in [9.17, 15) is 0 Å². The Hall–Kier alpha value is -6.78. The lowest BCUT2D eigenvalue weighted by atomic mass is 9.34. The zero-order chi connectivity index (χ0) is 34.9. The van der Waals surface area contributed by atoms with Gasteiger partial charge in [-0.05, 0) is 93.3 Å². The molecule has 1 aliphatic carbocycles. The summed E-state index contributed by atoms with van der Waals surface area (Å²) in [6.07, 6.45) is 0. The van der Waals surface area contributed by atoms with E-state index in [4.69, 9.17) is 9.47 Å². The van der Waals surface area contributed by atoms with Crippen LogP contribution in [0, 0.1) is 0 Å². The standard InChI is InChI=1S/C49H32BNO2/c1-5-17-33(18-6-1)49(34-19-7-2-8-20-34)39-31-37(51(35-21-9-3-10-22-35)36-23-11-4-12-24-36)29-30-38(39)46-40(49)32-45-47-48(46)53-44-28-16-14-26-42(44)50(47)41-25-13-15-27-43(41)52-45/h1-32H. The predicted molar refractivity (Wildman–Crippen MR) is 216 cm³/mol. The Morgan fingerprint density at radius 1 is 0.415 bits per heavy atom. The van der Waals surface area contributed by atoms with Gasteiger partial charge in [0.25, 0.3) is 6.71 Å². The highest BCUT2D eigenvalue weighted by Crippen LogP contribution is 2.61. The monoisotopic (exact) mass is 677 g/mol. The van der Waals surface area contributed by atoms with Gasteiger partial charge in [0.05, 0.1) is 5.41 Å². The number of fused-ring (bicyclic) bond motifs is 8. The van der Waals surface area contributed by atoms with Crippen molar-refractivity contribution in [1.82, 2.24) is 0 Å². The molecule has 3 aliphatic rings. The van der Waals surface area contributed by atoms with E-state index in [1.807, 2.05) is 0 Å². The van der Waals surface area contributed by atoms with Gasteiger partial charge in [-0.3, -0.25) is 0 Å². The Morgan fingerprint density at radius 2 is 0.925 bits per heavy atom. The summed E-state index contributed by atoms with van der Waals surface area (Å²) in [5.74, 6) is 3.49. The van der Waals surface area contributed by atoms with E-state index in [0.29, 0.717) is 0 Å². The SMILES string of the molecule is c1ccc(N(c2ccccc2)c2ccc3c(c2)C(c2ccccc2)(c2ccccc2)c2cc4c5c(c2-3)Oc2ccccc2B5c2ccccc2O4)cc1. The lowest BCUT2D eigenvalue weighted by molar-refractivity contribution is 0.464. The Bertz CT molecular complexity index is 2590. The van der Waals surface area contributed by atoms with E-state index >= 15 is 0 Å². The maximum atomic E-state index is 7.13. The van der Waals surface area contributed by atoms with Crippen molar-refractivity contribution in [3.05, 3.63) is 216 Å². The number of ether oxygens (including phenoxy) is 2. The van der Waals surface area contributed by atoms with Gasteiger partial charge in [-0.25, -0.2) is 0 Å². The van der Waals surface area contributed by atoms with Gasteiger partial charge in [-0.1, -0.05) is 140 Å². The molecular weight excluding hydrogens is 645 g/mol. The van der Waals surface area contributed by atoms with Crippen molar-refractivity contribution in [2.45, 2.75) is 5.41 Å². The quantitative estimate of drug-likeness (QED) is 0.169. The molecule has 8 aromatic carbocycles. The van der Waals surface area contributed by atoms with Gasteiger partial charge in [0, 0.05) is 28.1 Å². The molecule has 2 heterocycles. The number of rotatable bonds is 5. The fraction of sp³-hybridized carbons (Fsp3) is 0.0204. The zero-order valence-electron chi connectivity index (χ0n) is 28.8. The molecule has 0 bridgehead atoms. The van der Waals surface area contributed by atoms with E-state index in [-0.39, 0.29) is 6.71 Å². The Labute approximate surface area is 309 Å². The molecular formula is C49H32BNO2. The molecule has 4 heteroatoms. The second-order valence-electron chi connectivity index (χ2n) is 14.0. The van der Waals surface area contributed by atoms with Crippen LogP contribution in [0.25, 0.3) is 11.1 Å². The van der Waals surface area contributed by atoms with E-state index in [0.717, 1.165) is 73.1 Å². The number of hydrogen-bond donors (Lipinski definition) is 0. The highest BCUT2D eigenvalue weighted by Gasteiger charge is 2.51. The first-order valence-electron chi connectivity index (χ1n) is 18.2. The largest absolute Gasteiger partial charge is 0.458 e. The number of benzene rings is 8. The topological polar surface area (TPSA) is 21.7 Å². The third kappa shape index (κ3) is 4.30. The van der Waals surface area contributed by atoms with Crippen LogP contribution in [0.2, 0.25) is 0 Å². The summed E-state index contributed by atoms with van der Waals surface area (Å²) in [7, 11) is 0. The van der Waals surface area contributed by atoms with Crippen LogP contribution < -0.4 is 30.8 Å². The van der Waals surface area contributed by atoms with Crippen LogP contribution in [0.15, 0.2) is 194 Å². The van der Waals surface area contributed by atoms with E-state index < -0.39 is 5.41 Å². The summed E-state index contributed by atoms with van der Waals surface area (Å²) in [6, 6.07) is 69.4. The highest BCUT2D eigenvalue weighted by molar-refractivity contribution is 6.98. The molecule has 0 aromatic heterocycles. The lowest BCUT2D eigenvalue weighted by Gasteiger charge is -2.37. The third-order valence-corrected chi connectivity index (χ3v) is 11.2. The van der Waals surface area contributed by atoms with Gasteiger partial charge in [-0.2, -0.15) is 0 Å². The van der Waals surface area contributed by atoms with Crippen molar-refractivity contribution in [2.24, 2.45) is 0 Å².